The lowest BCUT2D eigenvalue weighted by molar-refractivity contribution is -0.134. The van der Waals surface area contributed by atoms with Crippen molar-refractivity contribution in [3.8, 4) is 0 Å². The van der Waals surface area contributed by atoms with E-state index < -0.39 is 11.9 Å². The Balaban J connectivity index is 0.000000660. The molecule has 0 fully saturated rings. The van der Waals surface area contributed by atoms with E-state index in [-0.39, 0.29) is 12.1 Å². The predicted octanol–water partition coefficient (Wildman–Crippen LogP) is 2.36. The minimum absolute atomic E-state index is 0.185. The third kappa shape index (κ3) is 14.7. The summed E-state index contributed by atoms with van der Waals surface area (Å²) in [6.45, 7) is 4.58. The Kier molecular flexibility index (Phi) is 12.9. The van der Waals surface area contributed by atoms with E-state index in [9.17, 15) is 14.4 Å². The zero-order chi connectivity index (χ0) is 19.8. The number of carboxylic acid groups (broad SMARTS) is 2. The van der Waals surface area contributed by atoms with Crippen LogP contribution in [0.2, 0.25) is 0 Å². The SMILES string of the molecule is CCCC[C@H](C)NC(=O)OCCCc1cnc[nH]1.O=C(O)/C=C/C(=O)O. The summed E-state index contributed by atoms with van der Waals surface area (Å²) in [5, 5.41) is 18.5. The Morgan fingerprint density at radius 1 is 1.27 bits per heavy atom. The molecule has 0 aromatic carbocycles. The monoisotopic (exact) mass is 369 g/mol. The van der Waals surface area contributed by atoms with Crippen LogP contribution in [0.25, 0.3) is 0 Å². The van der Waals surface area contributed by atoms with Crippen LogP contribution in [0.3, 0.4) is 0 Å². The van der Waals surface area contributed by atoms with Gasteiger partial charge in [0.2, 0.25) is 0 Å². The van der Waals surface area contributed by atoms with Crippen LogP contribution in [-0.4, -0.2) is 50.9 Å². The summed E-state index contributed by atoms with van der Waals surface area (Å²) in [5.41, 5.74) is 1.07. The van der Waals surface area contributed by atoms with Crippen LogP contribution < -0.4 is 5.32 Å². The molecule has 1 aromatic heterocycles. The van der Waals surface area contributed by atoms with E-state index >= 15 is 0 Å². The molecule has 1 atom stereocenters. The largest absolute Gasteiger partial charge is 0.478 e. The second-order valence-electron chi connectivity index (χ2n) is 5.51. The molecule has 0 aliphatic heterocycles. The number of hydrogen-bond acceptors (Lipinski definition) is 5. The molecule has 0 unspecified atom stereocenters. The van der Waals surface area contributed by atoms with Crippen LogP contribution in [0.5, 0.6) is 0 Å². The van der Waals surface area contributed by atoms with Crippen molar-refractivity contribution < 1.29 is 29.3 Å². The lowest BCUT2D eigenvalue weighted by Gasteiger charge is -2.13. The first-order valence-electron chi connectivity index (χ1n) is 8.39. The number of unbranched alkanes of at least 4 members (excludes halogenated alkanes) is 1. The smallest absolute Gasteiger partial charge is 0.407 e. The van der Waals surface area contributed by atoms with E-state index in [0.717, 1.165) is 37.8 Å². The molecular formula is C17H27N3O6. The Labute approximate surface area is 152 Å². The third-order valence-corrected chi connectivity index (χ3v) is 3.10. The molecule has 26 heavy (non-hydrogen) atoms. The number of nitrogens with one attached hydrogen (secondary N) is 2. The number of carbonyl (C=O) groups is 3. The highest BCUT2D eigenvalue weighted by Gasteiger charge is 2.07. The van der Waals surface area contributed by atoms with Crippen molar-refractivity contribution in [1.29, 1.82) is 0 Å². The van der Waals surface area contributed by atoms with Gasteiger partial charge in [-0.1, -0.05) is 19.8 Å². The van der Waals surface area contributed by atoms with Crippen LogP contribution in [0.15, 0.2) is 24.7 Å². The molecule has 9 nitrogen and oxygen atoms in total. The first-order valence-corrected chi connectivity index (χ1v) is 8.39. The molecule has 0 saturated carbocycles. The number of amides is 1. The minimum atomic E-state index is -1.26. The fourth-order valence-corrected chi connectivity index (χ4v) is 1.82. The fourth-order valence-electron chi connectivity index (χ4n) is 1.82. The van der Waals surface area contributed by atoms with Gasteiger partial charge < -0.3 is 25.3 Å². The van der Waals surface area contributed by atoms with Crippen LogP contribution >= 0.6 is 0 Å². The van der Waals surface area contributed by atoms with Gasteiger partial charge in [-0.3, -0.25) is 0 Å². The zero-order valence-corrected chi connectivity index (χ0v) is 15.1. The highest BCUT2D eigenvalue weighted by Crippen LogP contribution is 2.00. The maximum absolute atomic E-state index is 11.4. The quantitative estimate of drug-likeness (QED) is 0.366. The summed E-state index contributed by atoms with van der Waals surface area (Å²) >= 11 is 0. The molecule has 146 valence electrons. The van der Waals surface area contributed by atoms with Gasteiger partial charge in [-0.2, -0.15) is 0 Å². The molecular weight excluding hydrogens is 342 g/mol. The second kappa shape index (κ2) is 14.5. The van der Waals surface area contributed by atoms with Crippen molar-refractivity contribution in [2.24, 2.45) is 0 Å². The number of carboxylic acids is 2. The van der Waals surface area contributed by atoms with Gasteiger partial charge in [0, 0.05) is 30.1 Å². The molecule has 0 aliphatic rings. The number of aliphatic carboxylic acids is 2. The van der Waals surface area contributed by atoms with E-state index in [1.807, 2.05) is 6.92 Å². The molecule has 0 spiro atoms. The molecule has 1 amide bonds. The number of aromatic nitrogens is 2. The lowest BCUT2D eigenvalue weighted by Crippen LogP contribution is -2.33. The van der Waals surface area contributed by atoms with Gasteiger partial charge >= 0.3 is 18.0 Å². The standard InChI is InChI=1S/C13H23N3O2.C4H4O4/c1-3-4-6-11(2)16-13(17)18-8-5-7-12-9-14-10-15-12;5-3(6)1-2-4(7)8/h9-11H,3-8H2,1-2H3,(H,14,15)(H,16,17);1-2H,(H,5,6)(H,7,8)/b;2-1+/t11-;/m0./s1. The van der Waals surface area contributed by atoms with Crippen molar-refractivity contribution in [3.63, 3.8) is 0 Å². The molecule has 1 heterocycles. The van der Waals surface area contributed by atoms with Crippen molar-refractivity contribution >= 4 is 18.0 Å². The topological polar surface area (TPSA) is 142 Å². The van der Waals surface area contributed by atoms with Gasteiger partial charge in [0.05, 0.1) is 12.9 Å². The van der Waals surface area contributed by atoms with Gasteiger partial charge in [-0.05, 0) is 26.2 Å². The minimum Gasteiger partial charge on any atom is -0.478 e. The number of ether oxygens (including phenoxy) is 1. The summed E-state index contributed by atoms with van der Waals surface area (Å²) in [6.07, 6.45) is 9.16. The van der Waals surface area contributed by atoms with Crippen molar-refractivity contribution in [3.05, 3.63) is 30.4 Å². The average molecular weight is 369 g/mol. The Morgan fingerprint density at radius 3 is 2.42 bits per heavy atom. The molecule has 1 rings (SSSR count). The number of hydrogen-bond donors (Lipinski definition) is 4. The third-order valence-electron chi connectivity index (χ3n) is 3.10. The van der Waals surface area contributed by atoms with Gasteiger partial charge in [-0.25, -0.2) is 19.4 Å². The fraction of sp³-hybridized carbons (Fsp3) is 0.529. The second-order valence-corrected chi connectivity index (χ2v) is 5.51. The highest BCUT2D eigenvalue weighted by atomic mass is 16.5. The lowest BCUT2D eigenvalue weighted by atomic mass is 10.1. The maximum Gasteiger partial charge on any atom is 0.407 e. The summed E-state index contributed by atoms with van der Waals surface area (Å²) in [5.74, 6) is -2.51. The number of alkyl carbamates (subject to hydrolysis) is 1. The molecule has 4 N–H and O–H groups in total. The summed E-state index contributed by atoms with van der Waals surface area (Å²) in [4.78, 5) is 37.5. The Hall–Kier alpha value is -2.84. The van der Waals surface area contributed by atoms with E-state index in [0.29, 0.717) is 18.8 Å². The average Bonchev–Trinajstić information content (AvgIpc) is 3.09. The number of carbonyl (C=O) groups excluding carboxylic acids is 1. The van der Waals surface area contributed by atoms with Crippen molar-refractivity contribution in [2.75, 3.05) is 6.61 Å². The van der Waals surface area contributed by atoms with Gasteiger partial charge in [0.15, 0.2) is 0 Å². The van der Waals surface area contributed by atoms with Gasteiger partial charge in [-0.15, -0.1) is 0 Å². The Morgan fingerprint density at radius 2 is 1.92 bits per heavy atom. The van der Waals surface area contributed by atoms with Crippen LogP contribution in [0, 0.1) is 0 Å². The molecule has 0 aliphatic carbocycles. The summed E-state index contributed by atoms with van der Waals surface area (Å²) < 4.78 is 5.11. The number of rotatable bonds is 10. The number of H-pyrrole nitrogens is 1. The van der Waals surface area contributed by atoms with Crippen LogP contribution in [-0.2, 0) is 20.7 Å². The zero-order valence-electron chi connectivity index (χ0n) is 15.1. The molecule has 9 heteroatoms. The highest BCUT2D eigenvalue weighted by molar-refractivity contribution is 5.89. The van der Waals surface area contributed by atoms with Crippen LogP contribution in [0.4, 0.5) is 4.79 Å². The molecule has 0 bridgehead atoms. The first-order chi connectivity index (χ1) is 12.3. The van der Waals surface area contributed by atoms with Gasteiger partial charge in [0.1, 0.15) is 0 Å². The number of aryl methyl sites for hydroxylation is 1. The maximum atomic E-state index is 11.4. The predicted molar refractivity (Wildman–Crippen MR) is 94.8 cm³/mol. The number of nitrogens with zero attached hydrogens (tertiary/aromatic N) is 1. The Bertz CT molecular complexity index is 541. The first kappa shape index (κ1) is 23.2. The van der Waals surface area contributed by atoms with E-state index in [1.54, 1.807) is 12.5 Å². The molecule has 0 radical (unpaired) electrons. The van der Waals surface area contributed by atoms with Gasteiger partial charge in [0.25, 0.3) is 0 Å². The normalized spacial score (nSPS) is 11.3. The van der Waals surface area contributed by atoms with Crippen LogP contribution in [0.1, 0.15) is 45.2 Å². The van der Waals surface area contributed by atoms with E-state index in [1.165, 1.54) is 0 Å². The number of aromatic amines is 1. The van der Waals surface area contributed by atoms with Crippen molar-refractivity contribution in [2.45, 2.75) is 52.0 Å². The summed E-state index contributed by atoms with van der Waals surface area (Å²) in [7, 11) is 0. The summed E-state index contributed by atoms with van der Waals surface area (Å²) in [6, 6.07) is 0.185. The molecule has 0 saturated heterocycles. The van der Waals surface area contributed by atoms with Crippen molar-refractivity contribution in [1.82, 2.24) is 15.3 Å². The van der Waals surface area contributed by atoms with E-state index in [4.69, 9.17) is 14.9 Å². The number of imidazole rings is 1. The molecule has 1 aromatic rings. The van der Waals surface area contributed by atoms with E-state index in [2.05, 4.69) is 22.2 Å².